The van der Waals surface area contributed by atoms with Crippen LogP contribution in [0.3, 0.4) is 0 Å². The minimum absolute atomic E-state index is 0.348. The summed E-state index contributed by atoms with van der Waals surface area (Å²) in [7, 11) is 0. The molecule has 1 spiro atoms. The van der Waals surface area contributed by atoms with Gasteiger partial charge in [-0.1, -0.05) is 182 Å². The number of nitrogens with zero attached hydrogens (tertiary/aromatic N) is 1. The molecule has 0 aromatic heterocycles. The SMILES string of the molecule is c1ccc(-c2ccccc2-c2ccccc2-c2ccc(N(c3ccc(C45CC6CC(CC(C6)C4)C5)cc3)c3ccc4c(c3)C3(c5ccccc5-c5ccccc53)c3ccccc3-4)cc2)cc1. The minimum Gasteiger partial charge on any atom is -0.310 e. The molecular formula is C65H51N. The predicted molar refractivity (Wildman–Crippen MR) is 274 cm³/mol. The largest absolute Gasteiger partial charge is 0.310 e. The highest BCUT2D eigenvalue weighted by Gasteiger charge is 2.53. The standard InChI is InChI=1S/C65H51N/c1-2-14-46(15-3-1)52-16-4-6-18-54(52)55-19-7-5-17-53(55)47-26-30-49(31-27-47)66(50-32-28-48(29-33-50)64-40-43-36-44(41-64)38-45(37-43)42-64)51-34-35-59-58-22-10-13-25-62(58)65(63(59)39-51)60-23-11-8-20-56(60)57-21-9-12-24-61(57)65/h1-35,39,43-45H,36-38,40-42H2. The van der Waals surface area contributed by atoms with Crippen LogP contribution in [0.5, 0.6) is 0 Å². The van der Waals surface area contributed by atoms with Crippen molar-refractivity contribution in [2.75, 3.05) is 4.90 Å². The zero-order valence-corrected chi connectivity index (χ0v) is 37.2. The first kappa shape index (κ1) is 38.1. The smallest absolute Gasteiger partial charge is 0.0726 e. The summed E-state index contributed by atoms with van der Waals surface area (Å²) in [6.45, 7) is 0. The molecule has 6 aliphatic rings. The highest BCUT2D eigenvalue weighted by atomic mass is 15.1. The average Bonchev–Trinajstić information content (AvgIpc) is 3.84. The Morgan fingerprint density at radius 1 is 0.303 bits per heavy atom. The van der Waals surface area contributed by atoms with E-state index in [1.54, 1.807) is 5.56 Å². The van der Waals surface area contributed by atoms with E-state index in [9.17, 15) is 0 Å². The molecule has 9 aromatic carbocycles. The molecule has 0 heterocycles. The van der Waals surface area contributed by atoms with Crippen molar-refractivity contribution in [2.24, 2.45) is 17.8 Å². The van der Waals surface area contributed by atoms with Crippen LogP contribution in [0.25, 0.3) is 55.6 Å². The van der Waals surface area contributed by atoms with Gasteiger partial charge in [-0.05, 0) is 182 Å². The number of hydrogen-bond donors (Lipinski definition) is 0. The monoisotopic (exact) mass is 845 g/mol. The Hall–Kier alpha value is -7.22. The number of rotatable bonds is 7. The van der Waals surface area contributed by atoms with E-state index >= 15 is 0 Å². The summed E-state index contributed by atoms with van der Waals surface area (Å²) in [5, 5.41) is 0. The first-order chi connectivity index (χ1) is 32.6. The second kappa shape index (κ2) is 14.6. The quantitative estimate of drug-likeness (QED) is 0.154. The molecule has 0 atom stereocenters. The zero-order chi connectivity index (χ0) is 43.4. The Balaban J connectivity index is 0.922. The van der Waals surface area contributed by atoms with Gasteiger partial charge in [-0.15, -0.1) is 0 Å². The molecule has 1 heteroatoms. The molecule has 4 bridgehead atoms. The van der Waals surface area contributed by atoms with Crippen LogP contribution in [0.1, 0.15) is 66.3 Å². The Morgan fingerprint density at radius 2 is 0.682 bits per heavy atom. The number of fused-ring (bicyclic) bond motifs is 10. The molecule has 1 nitrogen and oxygen atoms in total. The Labute approximate surface area is 389 Å². The zero-order valence-electron chi connectivity index (χ0n) is 37.2. The number of hydrogen-bond acceptors (Lipinski definition) is 1. The summed E-state index contributed by atoms with van der Waals surface area (Å²) in [5.74, 6) is 2.74. The Bertz CT molecular complexity index is 3240. The van der Waals surface area contributed by atoms with Crippen LogP contribution in [0.4, 0.5) is 17.1 Å². The van der Waals surface area contributed by atoms with E-state index in [-0.39, 0.29) is 0 Å². The second-order valence-electron chi connectivity index (χ2n) is 20.2. The van der Waals surface area contributed by atoms with E-state index in [2.05, 4.69) is 223 Å². The molecule has 4 fully saturated rings. The predicted octanol–water partition coefficient (Wildman–Crippen LogP) is 17.0. The van der Waals surface area contributed by atoms with Crippen molar-refractivity contribution in [1.82, 2.24) is 0 Å². The fourth-order valence-corrected chi connectivity index (χ4v) is 14.4. The van der Waals surface area contributed by atoms with E-state index in [0.29, 0.717) is 5.41 Å². The van der Waals surface area contributed by atoms with Crippen LogP contribution in [-0.4, -0.2) is 0 Å². The molecule has 6 aliphatic carbocycles. The van der Waals surface area contributed by atoms with E-state index in [1.807, 2.05) is 0 Å². The number of anilines is 3. The summed E-state index contributed by atoms with van der Waals surface area (Å²) in [6, 6.07) is 82.5. The first-order valence-corrected chi connectivity index (χ1v) is 24.3. The van der Waals surface area contributed by atoms with Gasteiger partial charge in [-0.2, -0.15) is 0 Å². The van der Waals surface area contributed by atoms with Crippen molar-refractivity contribution in [1.29, 1.82) is 0 Å². The molecule has 66 heavy (non-hydrogen) atoms. The summed E-state index contributed by atoms with van der Waals surface area (Å²) >= 11 is 0. The maximum atomic E-state index is 2.53. The lowest BCUT2D eigenvalue weighted by Gasteiger charge is -2.57. The van der Waals surface area contributed by atoms with Gasteiger partial charge >= 0.3 is 0 Å². The van der Waals surface area contributed by atoms with Crippen LogP contribution in [0.15, 0.2) is 218 Å². The second-order valence-corrected chi connectivity index (χ2v) is 20.2. The molecule has 0 radical (unpaired) electrons. The third-order valence-electron chi connectivity index (χ3n) is 16.7. The molecule has 0 N–H and O–H groups in total. The van der Waals surface area contributed by atoms with Gasteiger partial charge in [0.1, 0.15) is 0 Å². The summed E-state index contributed by atoms with van der Waals surface area (Å²) in [6.07, 6.45) is 8.50. The lowest BCUT2D eigenvalue weighted by Crippen LogP contribution is -2.48. The van der Waals surface area contributed by atoms with Gasteiger partial charge in [0.15, 0.2) is 0 Å². The van der Waals surface area contributed by atoms with Crippen LogP contribution in [-0.2, 0) is 10.8 Å². The third kappa shape index (κ3) is 5.59. The highest BCUT2D eigenvalue weighted by Crippen LogP contribution is 2.64. The van der Waals surface area contributed by atoms with Gasteiger partial charge in [-0.25, -0.2) is 0 Å². The van der Waals surface area contributed by atoms with E-state index in [4.69, 9.17) is 0 Å². The van der Waals surface area contributed by atoms with Crippen molar-refractivity contribution in [3.05, 3.63) is 246 Å². The molecule has 316 valence electrons. The summed E-state index contributed by atoms with van der Waals surface area (Å²) in [4.78, 5) is 2.52. The van der Waals surface area contributed by atoms with Gasteiger partial charge in [0.05, 0.1) is 5.41 Å². The first-order valence-electron chi connectivity index (χ1n) is 24.3. The van der Waals surface area contributed by atoms with Gasteiger partial charge < -0.3 is 4.90 Å². The number of benzene rings is 9. The lowest BCUT2D eigenvalue weighted by molar-refractivity contribution is -0.00518. The lowest BCUT2D eigenvalue weighted by atomic mass is 9.48. The van der Waals surface area contributed by atoms with Gasteiger partial charge in [0, 0.05) is 17.1 Å². The Morgan fingerprint density at radius 3 is 1.18 bits per heavy atom. The maximum absolute atomic E-state index is 2.53. The third-order valence-corrected chi connectivity index (χ3v) is 16.7. The van der Waals surface area contributed by atoms with Crippen molar-refractivity contribution in [3.8, 4) is 55.6 Å². The fraction of sp³-hybridized carbons (Fsp3) is 0.169. The van der Waals surface area contributed by atoms with E-state index < -0.39 is 5.41 Å². The molecular weight excluding hydrogens is 795 g/mol. The van der Waals surface area contributed by atoms with Crippen LogP contribution >= 0.6 is 0 Å². The molecule has 9 aromatic rings. The van der Waals surface area contributed by atoms with Gasteiger partial charge in [0.25, 0.3) is 0 Å². The topological polar surface area (TPSA) is 3.24 Å². The van der Waals surface area contributed by atoms with Crippen LogP contribution < -0.4 is 4.90 Å². The normalized spacial score (nSPS) is 21.0. The summed E-state index contributed by atoms with van der Waals surface area (Å²) in [5.41, 5.74) is 23.2. The van der Waals surface area contributed by atoms with Crippen molar-refractivity contribution >= 4 is 17.1 Å². The van der Waals surface area contributed by atoms with Gasteiger partial charge in [-0.3, -0.25) is 0 Å². The van der Waals surface area contributed by atoms with Crippen LogP contribution in [0, 0.1) is 17.8 Å². The molecule has 0 unspecified atom stereocenters. The fourth-order valence-electron chi connectivity index (χ4n) is 14.4. The minimum atomic E-state index is -0.410. The highest BCUT2D eigenvalue weighted by molar-refractivity contribution is 5.97. The Kier molecular flexibility index (Phi) is 8.45. The molecule has 0 saturated heterocycles. The maximum Gasteiger partial charge on any atom is 0.0726 e. The molecule has 15 rings (SSSR count). The van der Waals surface area contributed by atoms with Crippen molar-refractivity contribution in [3.63, 3.8) is 0 Å². The van der Waals surface area contributed by atoms with Crippen molar-refractivity contribution in [2.45, 2.75) is 49.4 Å². The molecule has 0 aliphatic heterocycles. The van der Waals surface area contributed by atoms with Crippen LogP contribution in [0.2, 0.25) is 0 Å². The van der Waals surface area contributed by atoms with E-state index in [1.165, 1.54) is 128 Å². The molecule has 0 amide bonds. The molecule has 4 saturated carbocycles. The summed E-state index contributed by atoms with van der Waals surface area (Å²) < 4.78 is 0. The van der Waals surface area contributed by atoms with E-state index in [0.717, 1.165) is 23.4 Å². The average molecular weight is 846 g/mol. The van der Waals surface area contributed by atoms with Crippen molar-refractivity contribution < 1.29 is 0 Å². The van der Waals surface area contributed by atoms with Gasteiger partial charge in [0.2, 0.25) is 0 Å².